The minimum atomic E-state index is -0.704. The number of carbonyl (C=O) groups excluding carboxylic acids is 2. The summed E-state index contributed by atoms with van der Waals surface area (Å²) in [5.41, 5.74) is 7.29. The Hall–Kier alpha value is -2.08. The molecule has 0 saturated carbocycles. The number of hydrogen-bond acceptors (Lipinski definition) is 4. The molecule has 0 fully saturated rings. The van der Waals surface area contributed by atoms with Gasteiger partial charge in [-0.2, -0.15) is 0 Å². The molecule has 1 aromatic rings. The van der Waals surface area contributed by atoms with Crippen molar-refractivity contribution in [2.75, 3.05) is 7.11 Å². The van der Waals surface area contributed by atoms with Gasteiger partial charge in [0.1, 0.15) is 6.04 Å². The van der Waals surface area contributed by atoms with Gasteiger partial charge in [-0.15, -0.1) is 0 Å². The third-order valence-corrected chi connectivity index (χ3v) is 3.16. The van der Waals surface area contributed by atoms with Crippen LogP contribution in [0.15, 0.2) is 24.3 Å². The van der Waals surface area contributed by atoms with E-state index in [0.29, 0.717) is 6.54 Å². The predicted molar refractivity (Wildman–Crippen MR) is 84.9 cm³/mol. The maximum absolute atomic E-state index is 12.3. The van der Waals surface area contributed by atoms with Gasteiger partial charge in [-0.3, -0.25) is 10.2 Å². The number of aryl methyl sites for hydroxylation is 1. The molecule has 0 aliphatic rings. The van der Waals surface area contributed by atoms with Gasteiger partial charge in [0, 0.05) is 6.54 Å². The Kier molecular flexibility index (Phi) is 6.37. The molecule has 0 aromatic heterocycles. The number of hydrazine groups is 1. The monoisotopic (exact) mass is 307 g/mol. The third kappa shape index (κ3) is 5.73. The Morgan fingerprint density at radius 3 is 2.50 bits per heavy atom. The summed E-state index contributed by atoms with van der Waals surface area (Å²) >= 11 is 0. The summed E-state index contributed by atoms with van der Waals surface area (Å²) in [4.78, 5) is 23.6. The number of ether oxygens (including phenoxy) is 1. The fraction of sp³-hybridized carbons (Fsp3) is 0.500. The second-order valence-electron chi connectivity index (χ2n) is 6.27. The number of alkyl carbamates (subject to hydrolysis) is 1. The maximum Gasteiger partial charge on any atom is 0.407 e. The van der Waals surface area contributed by atoms with E-state index < -0.39 is 17.6 Å². The molecule has 0 heterocycles. The number of nitrogens with one attached hydrogen (secondary N) is 3. The van der Waals surface area contributed by atoms with E-state index in [9.17, 15) is 9.59 Å². The molecule has 0 radical (unpaired) electrons. The van der Waals surface area contributed by atoms with Crippen LogP contribution >= 0.6 is 0 Å². The topological polar surface area (TPSA) is 79.5 Å². The predicted octanol–water partition coefficient (Wildman–Crippen LogP) is 1.89. The molecule has 6 nitrogen and oxygen atoms in total. The van der Waals surface area contributed by atoms with Crippen molar-refractivity contribution in [2.45, 2.75) is 40.3 Å². The molecule has 0 unspecified atom stereocenters. The van der Waals surface area contributed by atoms with Crippen LogP contribution < -0.4 is 16.2 Å². The van der Waals surface area contributed by atoms with Crippen molar-refractivity contribution in [1.82, 2.24) is 16.2 Å². The molecule has 0 bridgehead atoms. The lowest BCUT2D eigenvalue weighted by Crippen LogP contribution is -2.56. The normalized spacial score (nSPS) is 12.4. The van der Waals surface area contributed by atoms with Crippen molar-refractivity contribution in [1.29, 1.82) is 0 Å². The van der Waals surface area contributed by atoms with Gasteiger partial charge < -0.3 is 10.1 Å². The number of benzene rings is 1. The first-order chi connectivity index (χ1) is 10.2. The summed E-state index contributed by atoms with van der Waals surface area (Å²) in [7, 11) is 1.27. The molecule has 3 N–H and O–H groups in total. The van der Waals surface area contributed by atoms with Gasteiger partial charge in [0.2, 0.25) is 0 Å². The summed E-state index contributed by atoms with van der Waals surface area (Å²) in [6, 6.07) is 7.28. The van der Waals surface area contributed by atoms with Crippen LogP contribution in [0.2, 0.25) is 0 Å². The average Bonchev–Trinajstić information content (AvgIpc) is 2.43. The number of amides is 2. The van der Waals surface area contributed by atoms with E-state index in [4.69, 9.17) is 0 Å². The molecular weight excluding hydrogens is 282 g/mol. The van der Waals surface area contributed by atoms with Crippen molar-refractivity contribution >= 4 is 12.0 Å². The molecule has 1 atom stereocenters. The maximum atomic E-state index is 12.3. The summed E-state index contributed by atoms with van der Waals surface area (Å²) < 4.78 is 4.56. The number of methoxy groups -OCH3 is 1. The van der Waals surface area contributed by atoms with Gasteiger partial charge in [0.15, 0.2) is 0 Å². The fourth-order valence-corrected chi connectivity index (χ4v) is 1.98. The lowest BCUT2D eigenvalue weighted by Gasteiger charge is -2.29. The highest BCUT2D eigenvalue weighted by Gasteiger charge is 2.33. The Labute approximate surface area is 131 Å². The molecule has 122 valence electrons. The zero-order valence-corrected chi connectivity index (χ0v) is 13.8. The van der Waals surface area contributed by atoms with Crippen LogP contribution in [0.5, 0.6) is 0 Å². The van der Waals surface area contributed by atoms with E-state index >= 15 is 0 Å². The quantitative estimate of drug-likeness (QED) is 0.726. The molecule has 0 saturated heterocycles. The smallest absolute Gasteiger partial charge is 0.407 e. The zero-order chi connectivity index (χ0) is 16.8. The van der Waals surface area contributed by atoms with Crippen LogP contribution in [0.1, 0.15) is 31.9 Å². The molecular formula is C16H25N3O3. The second kappa shape index (κ2) is 7.79. The van der Waals surface area contributed by atoms with Crippen LogP contribution in [0.4, 0.5) is 4.79 Å². The Morgan fingerprint density at radius 2 is 1.95 bits per heavy atom. The fourth-order valence-electron chi connectivity index (χ4n) is 1.98. The Balaban J connectivity index is 2.58. The van der Waals surface area contributed by atoms with Crippen LogP contribution in [0, 0.1) is 12.3 Å². The van der Waals surface area contributed by atoms with Crippen molar-refractivity contribution in [2.24, 2.45) is 5.41 Å². The molecule has 0 aliphatic carbocycles. The second-order valence-corrected chi connectivity index (χ2v) is 6.27. The van der Waals surface area contributed by atoms with Crippen molar-refractivity contribution in [3.8, 4) is 0 Å². The molecule has 0 spiro atoms. The standard InChI is InChI=1S/C16H25N3O3/c1-11-7-6-8-12(9-11)10-17-19-14(20)13(16(2,3)4)18-15(21)22-5/h6-9,13,17H,10H2,1-5H3,(H,18,21)(H,19,20)/t13-/m1/s1. The van der Waals surface area contributed by atoms with Crippen molar-refractivity contribution in [3.63, 3.8) is 0 Å². The summed E-state index contributed by atoms with van der Waals surface area (Å²) in [5.74, 6) is -0.314. The van der Waals surface area contributed by atoms with Gasteiger partial charge >= 0.3 is 6.09 Å². The Bertz CT molecular complexity index is 524. The number of carbonyl (C=O) groups is 2. The van der Waals surface area contributed by atoms with E-state index in [1.165, 1.54) is 7.11 Å². The molecule has 6 heteroatoms. The molecule has 1 aromatic carbocycles. The van der Waals surface area contributed by atoms with Gasteiger partial charge in [0.25, 0.3) is 5.91 Å². The molecule has 1 rings (SSSR count). The first kappa shape index (κ1) is 18.0. The summed E-state index contributed by atoms with van der Waals surface area (Å²) in [6.45, 7) is 8.12. The van der Waals surface area contributed by atoms with Crippen LogP contribution in [-0.2, 0) is 16.1 Å². The molecule has 2 amide bonds. The van der Waals surface area contributed by atoms with Gasteiger partial charge in [-0.05, 0) is 17.9 Å². The van der Waals surface area contributed by atoms with E-state index in [0.717, 1.165) is 11.1 Å². The van der Waals surface area contributed by atoms with E-state index in [1.807, 2.05) is 52.0 Å². The summed E-state index contributed by atoms with van der Waals surface area (Å²) in [6.07, 6.45) is -0.631. The highest BCUT2D eigenvalue weighted by molar-refractivity contribution is 5.86. The van der Waals surface area contributed by atoms with Crippen LogP contribution in [0.25, 0.3) is 0 Å². The zero-order valence-electron chi connectivity index (χ0n) is 13.8. The SMILES string of the molecule is COC(=O)N[C@H](C(=O)NNCc1cccc(C)c1)C(C)(C)C. The van der Waals surface area contributed by atoms with Crippen LogP contribution in [-0.4, -0.2) is 25.2 Å². The van der Waals surface area contributed by atoms with E-state index in [1.54, 1.807) is 0 Å². The van der Waals surface area contributed by atoms with Crippen LogP contribution in [0.3, 0.4) is 0 Å². The highest BCUT2D eigenvalue weighted by Crippen LogP contribution is 2.19. The first-order valence-corrected chi connectivity index (χ1v) is 7.17. The average molecular weight is 307 g/mol. The summed E-state index contributed by atoms with van der Waals surface area (Å²) in [5, 5.41) is 2.55. The lowest BCUT2D eigenvalue weighted by molar-refractivity contribution is -0.126. The molecule has 22 heavy (non-hydrogen) atoms. The lowest BCUT2D eigenvalue weighted by atomic mass is 9.86. The highest BCUT2D eigenvalue weighted by atomic mass is 16.5. The minimum Gasteiger partial charge on any atom is -0.453 e. The first-order valence-electron chi connectivity index (χ1n) is 7.17. The van der Waals surface area contributed by atoms with E-state index in [2.05, 4.69) is 20.9 Å². The largest absolute Gasteiger partial charge is 0.453 e. The number of rotatable bonds is 5. The Morgan fingerprint density at radius 1 is 1.27 bits per heavy atom. The van der Waals surface area contributed by atoms with Crippen molar-refractivity contribution in [3.05, 3.63) is 35.4 Å². The van der Waals surface area contributed by atoms with E-state index in [-0.39, 0.29) is 5.91 Å². The van der Waals surface area contributed by atoms with Gasteiger partial charge in [0.05, 0.1) is 7.11 Å². The van der Waals surface area contributed by atoms with Gasteiger partial charge in [-0.25, -0.2) is 10.2 Å². The minimum absolute atomic E-state index is 0.314. The number of hydrogen-bond donors (Lipinski definition) is 3. The van der Waals surface area contributed by atoms with Crippen molar-refractivity contribution < 1.29 is 14.3 Å². The van der Waals surface area contributed by atoms with Gasteiger partial charge in [-0.1, -0.05) is 50.6 Å². The molecule has 0 aliphatic heterocycles. The third-order valence-electron chi connectivity index (χ3n) is 3.16.